The van der Waals surface area contributed by atoms with Gasteiger partial charge in [-0.15, -0.1) is 6.42 Å². The van der Waals surface area contributed by atoms with Crippen molar-refractivity contribution in [3.8, 4) is 12.3 Å². The fourth-order valence-electron chi connectivity index (χ4n) is 0.696. The molecule has 0 atom stereocenters. The predicted molar refractivity (Wildman–Crippen MR) is 44.1 cm³/mol. The number of terminal acetylenes is 1. The van der Waals surface area contributed by atoms with Crippen LogP contribution in [0.3, 0.4) is 0 Å². The summed E-state index contributed by atoms with van der Waals surface area (Å²) < 4.78 is 0. The van der Waals surface area contributed by atoms with Gasteiger partial charge in [0.25, 0.3) is 0 Å². The lowest BCUT2D eigenvalue weighted by Gasteiger charge is -1.99. The van der Waals surface area contributed by atoms with Gasteiger partial charge in [0.15, 0.2) is 0 Å². The van der Waals surface area contributed by atoms with Gasteiger partial charge in [-0.3, -0.25) is 0 Å². The topological polar surface area (TPSA) is 37.8 Å². The van der Waals surface area contributed by atoms with Crippen LogP contribution in [0, 0.1) is 19.3 Å². The van der Waals surface area contributed by atoms with Crippen molar-refractivity contribution >= 4 is 5.82 Å². The third kappa shape index (κ3) is 2.26. The lowest BCUT2D eigenvalue weighted by Crippen LogP contribution is -2.01. The molecule has 3 heteroatoms. The Morgan fingerprint density at radius 1 is 1.73 bits per heavy atom. The van der Waals surface area contributed by atoms with E-state index in [0.717, 1.165) is 11.6 Å². The molecule has 0 radical (unpaired) electrons. The van der Waals surface area contributed by atoms with Crippen molar-refractivity contribution in [1.29, 1.82) is 0 Å². The van der Waals surface area contributed by atoms with Crippen molar-refractivity contribution in [2.75, 3.05) is 11.9 Å². The molecule has 56 valence electrons. The smallest absolute Gasteiger partial charge is 0.130 e. The van der Waals surface area contributed by atoms with Gasteiger partial charge in [0, 0.05) is 6.20 Å². The average molecular weight is 147 g/mol. The van der Waals surface area contributed by atoms with Crippen LogP contribution in [0.15, 0.2) is 12.3 Å². The van der Waals surface area contributed by atoms with Crippen molar-refractivity contribution < 1.29 is 0 Å². The zero-order valence-corrected chi connectivity index (χ0v) is 6.33. The van der Waals surface area contributed by atoms with E-state index < -0.39 is 0 Å². The Balaban J connectivity index is 2.65. The second kappa shape index (κ2) is 3.57. The van der Waals surface area contributed by atoms with Crippen LogP contribution < -0.4 is 5.32 Å². The number of hydrogen-bond acceptors (Lipinski definition) is 3. The number of nitrogens with one attached hydrogen (secondary N) is 1. The minimum atomic E-state index is 0.496. The van der Waals surface area contributed by atoms with E-state index in [-0.39, 0.29) is 0 Å². The molecule has 0 fully saturated rings. The molecule has 1 N–H and O–H groups in total. The van der Waals surface area contributed by atoms with Gasteiger partial charge in [0.05, 0.1) is 6.54 Å². The predicted octanol–water partition coefficient (Wildman–Crippen LogP) is 0.830. The molecule has 0 amide bonds. The fraction of sp³-hybridized carbons (Fsp3) is 0.250. The molecule has 3 nitrogen and oxygen atoms in total. The highest BCUT2D eigenvalue weighted by Gasteiger charge is 1.90. The number of anilines is 1. The first kappa shape index (κ1) is 7.55. The van der Waals surface area contributed by atoms with Crippen molar-refractivity contribution in [1.82, 2.24) is 9.97 Å². The Kier molecular flexibility index (Phi) is 2.45. The molecule has 0 aromatic carbocycles. The van der Waals surface area contributed by atoms with Crippen LogP contribution in [0.25, 0.3) is 0 Å². The number of rotatable bonds is 2. The Bertz CT molecular complexity index is 275. The van der Waals surface area contributed by atoms with Crippen LogP contribution in [0.1, 0.15) is 5.82 Å². The molecule has 0 aliphatic carbocycles. The van der Waals surface area contributed by atoms with Gasteiger partial charge in [-0.1, -0.05) is 5.92 Å². The van der Waals surface area contributed by atoms with Gasteiger partial charge in [0.2, 0.25) is 0 Å². The summed E-state index contributed by atoms with van der Waals surface area (Å²) >= 11 is 0. The first-order valence-corrected chi connectivity index (χ1v) is 3.30. The molecule has 0 bridgehead atoms. The molecular weight excluding hydrogens is 138 g/mol. The Labute approximate surface area is 65.9 Å². The Morgan fingerprint density at radius 3 is 3.18 bits per heavy atom. The third-order valence-corrected chi connectivity index (χ3v) is 1.15. The second-order valence-corrected chi connectivity index (χ2v) is 2.05. The van der Waals surface area contributed by atoms with Gasteiger partial charge >= 0.3 is 0 Å². The lowest BCUT2D eigenvalue weighted by atomic mass is 10.5. The lowest BCUT2D eigenvalue weighted by molar-refractivity contribution is 1.05. The van der Waals surface area contributed by atoms with Crippen molar-refractivity contribution in [3.05, 3.63) is 18.1 Å². The number of nitrogens with zero attached hydrogens (tertiary/aromatic N) is 2. The minimum Gasteiger partial charge on any atom is -0.359 e. The van der Waals surface area contributed by atoms with E-state index in [1.165, 1.54) is 0 Å². The summed E-state index contributed by atoms with van der Waals surface area (Å²) in [6.45, 7) is 2.33. The summed E-state index contributed by atoms with van der Waals surface area (Å²) in [5.41, 5.74) is 0. The summed E-state index contributed by atoms with van der Waals surface area (Å²) in [6.07, 6.45) is 6.75. The van der Waals surface area contributed by atoms with E-state index in [0.29, 0.717) is 6.54 Å². The molecule has 0 saturated carbocycles. The summed E-state index contributed by atoms with van der Waals surface area (Å²) in [7, 11) is 0. The summed E-state index contributed by atoms with van der Waals surface area (Å²) in [4.78, 5) is 8.04. The highest BCUT2D eigenvalue weighted by Crippen LogP contribution is 1.99. The normalized spacial score (nSPS) is 8.73. The first-order chi connectivity index (χ1) is 5.33. The van der Waals surface area contributed by atoms with Gasteiger partial charge in [0.1, 0.15) is 11.6 Å². The van der Waals surface area contributed by atoms with E-state index in [9.17, 15) is 0 Å². The van der Waals surface area contributed by atoms with E-state index in [2.05, 4.69) is 21.2 Å². The standard InChI is InChI=1S/C8H9N3/c1-3-5-10-8-4-6-9-7(2)11-8/h1,4,6H,5H2,2H3,(H,9,10,11). The van der Waals surface area contributed by atoms with Gasteiger partial charge in [-0.25, -0.2) is 9.97 Å². The minimum absolute atomic E-state index is 0.496. The maximum Gasteiger partial charge on any atom is 0.130 e. The molecule has 0 saturated heterocycles. The fourth-order valence-corrected chi connectivity index (χ4v) is 0.696. The summed E-state index contributed by atoms with van der Waals surface area (Å²) in [5, 5.41) is 2.95. The zero-order valence-electron chi connectivity index (χ0n) is 6.33. The maximum absolute atomic E-state index is 5.06. The Morgan fingerprint density at radius 2 is 2.55 bits per heavy atom. The molecule has 1 rings (SSSR count). The molecule has 1 heterocycles. The van der Waals surface area contributed by atoms with Crippen LogP contribution in [-0.4, -0.2) is 16.5 Å². The van der Waals surface area contributed by atoms with E-state index in [1.807, 2.05) is 6.92 Å². The first-order valence-electron chi connectivity index (χ1n) is 3.30. The molecule has 11 heavy (non-hydrogen) atoms. The number of aromatic nitrogens is 2. The molecule has 1 aromatic rings. The third-order valence-electron chi connectivity index (χ3n) is 1.15. The van der Waals surface area contributed by atoms with Crippen LogP contribution >= 0.6 is 0 Å². The van der Waals surface area contributed by atoms with E-state index in [4.69, 9.17) is 6.42 Å². The highest BCUT2D eigenvalue weighted by molar-refractivity contribution is 5.34. The summed E-state index contributed by atoms with van der Waals surface area (Å²) in [5.74, 6) is 3.98. The van der Waals surface area contributed by atoms with Crippen LogP contribution in [-0.2, 0) is 0 Å². The molecule has 0 aliphatic heterocycles. The zero-order chi connectivity index (χ0) is 8.10. The molecule has 0 unspecified atom stereocenters. The number of aryl methyl sites for hydroxylation is 1. The maximum atomic E-state index is 5.06. The van der Waals surface area contributed by atoms with Crippen molar-refractivity contribution in [3.63, 3.8) is 0 Å². The molecular formula is C8H9N3. The molecule has 1 aromatic heterocycles. The van der Waals surface area contributed by atoms with Crippen molar-refractivity contribution in [2.45, 2.75) is 6.92 Å². The van der Waals surface area contributed by atoms with Gasteiger partial charge in [-0.2, -0.15) is 0 Å². The molecule has 0 aliphatic rings. The van der Waals surface area contributed by atoms with Crippen LogP contribution in [0.2, 0.25) is 0 Å². The van der Waals surface area contributed by atoms with Crippen molar-refractivity contribution in [2.24, 2.45) is 0 Å². The second-order valence-electron chi connectivity index (χ2n) is 2.05. The Hall–Kier alpha value is -1.56. The van der Waals surface area contributed by atoms with Crippen LogP contribution in [0.5, 0.6) is 0 Å². The van der Waals surface area contributed by atoms with E-state index >= 15 is 0 Å². The quantitative estimate of drug-likeness (QED) is 0.629. The van der Waals surface area contributed by atoms with E-state index in [1.54, 1.807) is 12.3 Å². The largest absolute Gasteiger partial charge is 0.359 e. The van der Waals surface area contributed by atoms with Gasteiger partial charge < -0.3 is 5.32 Å². The highest BCUT2D eigenvalue weighted by atomic mass is 15.0. The number of hydrogen-bond donors (Lipinski definition) is 1. The SMILES string of the molecule is C#CCNc1ccnc(C)n1. The average Bonchev–Trinajstić information content (AvgIpc) is 2.01. The van der Waals surface area contributed by atoms with Gasteiger partial charge in [-0.05, 0) is 13.0 Å². The van der Waals surface area contributed by atoms with Crippen LogP contribution in [0.4, 0.5) is 5.82 Å². The molecule has 0 spiro atoms. The monoisotopic (exact) mass is 147 g/mol. The summed E-state index contributed by atoms with van der Waals surface area (Å²) in [6, 6.07) is 1.78.